The van der Waals surface area contributed by atoms with Gasteiger partial charge in [0.25, 0.3) is 0 Å². The molecule has 0 aromatic heterocycles. The van der Waals surface area contributed by atoms with Crippen LogP contribution >= 0.6 is 27.5 Å². The first kappa shape index (κ1) is 12.0. The lowest BCUT2D eigenvalue weighted by atomic mass is 10.2. The highest BCUT2D eigenvalue weighted by atomic mass is 79.9. The molecule has 6 heteroatoms. The molecular weight excluding hydrogens is 281 g/mol. The molecule has 0 aliphatic rings. The maximum atomic E-state index is 11.0. The van der Waals surface area contributed by atoms with Crippen LogP contribution in [-0.4, -0.2) is 17.6 Å². The van der Waals surface area contributed by atoms with E-state index in [0.717, 1.165) is 0 Å². The van der Waals surface area contributed by atoms with Crippen molar-refractivity contribution in [1.29, 1.82) is 0 Å². The molecule has 1 aromatic rings. The van der Waals surface area contributed by atoms with Crippen LogP contribution in [0.4, 0.5) is 5.69 Å². The maximum Gasteiger partial charge on any atom is 0.249 e. The van der Waals surface area contributed by atoms with Crippen LogP contribution in [0, 0.1) is 0 Å². The van der Waals surface area contributed by atoms with Crippen LogP contribution in [0.1, 0.15) is 10.4 Å². The summed E-state index contributed by atoms with van der Waals surface area (Å²) in [4.78, 5) is 15.0. The molecule has 1 amide bonds. The van der Waals surface area contributed by atoms with E-state index in [-0.39, 0.29) is 11.7 Å². The number of amides is 1. The smallest absolute Gasteiger partial charge is 0.249 e. The molecule has 0 aliphatic heterocycles. The predicted octanol–water partition coefficient (Wildman–Crippen LogP) is 1.78. The number of aliphatic imine (C=N–C) groups is 1. The van der Waals surface area contributed by atoms with E-state index >= 15 is 0 Å². The third kappa shape index (κ3) is 3.21. The van der Waals surface area contributed by atoms with Crippen molar-refractivity contribution in [2.75, 3.05) is 5.88 Å². The van der Waals surface area contributed by atoms with E-state index in [1.807, 2.05) is 0 Å². The zero-order valence-corrected chi connectivity index (χ0v) is 10.0. The van der Waals surface area contributed by atoms with E-state index in [0.29, 0.717) is 15.7 Å². The fourth-order valence-electron chi connectivity index (χ4n) is 0.967. The second kappa shape index (κ2) is 5.14. The molecule has 0 saturated heterocycles. The molecule has 0 saturated carbocycles. The molecule has 4 N–H and O–H groups in total. The van der Waals surface area contributed by atoms with E-state index in [1.54, 1.807) is 18.2 Å². The van der Waals surface area contributed by atoms with Crippen molar-refractivity contribution in [1.82, 2.24) is 0 Å². The fraction of sp³-hybridized carbons (Fsp3) is 0.111. The molecule has 4 nitrogen and oxygen atoms in total. The van der Waals surface area contributed by atoms with Crippen molar-refractivity contribution in [3.05, 3.63) is 28.2 Å². The number of primary amides is 1. The zero-order chi connectivity index (χ0) is 11.4. The molecule has 0 spiro atoms. The summed E-state index contributed by atoms with van der Waals surface area (Å²) in [6.45, 7) is 0. The summed E-state index contributed by atoms with van der Waals surface area (Å²) >= 11 is 8.69. The Balaban J connectivity index is 3.13. The van der Waals surface area contributed by atoms with Crippen molar-refractivity contribution in [2.45, 2.75) is 0 Å². The van der Waals surface area contributed by atoms with E-state index in [4.69, 9.17) is 23.1 Å². The van der Waals surface area contributed by atoms with Crippen LogP contribution in [-0.2, 0) is 0 Å². The summed E-state index contributed by atoms with van der Waals surface area (Å²) in [6.07, 6.45) is 0. The second-order valence-corrected chi connectivity index (χ2v) is 3.89. The van der Waals surface area contributed by atoms with Gasteiger partial charge in [-0.25, -0.2) is 4.99 Å². The first-order chi connectivity index (χ1) is 7.04. The largest absolute Gasteiger partial charge is 0.386 e. The van der Waals surface area contributed by atoms with Gasteiger partial charge >= 0.3 is 0 Å². The molecule has 1 aromatic carbocycles. The Kier molecular flexibility index (Phi) is 4.11. The van der Waals surface area contributed by atoms with E-state index < -0.39 is 5.91 Å². The predicted molar refractivity (Wildman–Crippen MR) is 64.7 cm³/mol. The van der Waals surface area contributed by atoms with Crippen LogP contribution in [0.25, 0.3) is 0 Å². The van der Waals surface area contributed by atoms with E-state index in [2.05, 4.69) is 20.9 Å². The van der Waals surface area contributed by atoms with Crippen LogP contribution in [0.2, 0.25) is 0 Å². The monoisotopic (exact) mass is 289 g/mol. The number of amidine groups is 1. The highest BCUT2D eigenvalue weighted by molar-refractivity contribution is 9.10. The standard InChI is InChI=1S/C9H9BrClN3O/c10-7-2-1-5(14-8(12)4-11)3-6(7)9(13)15/h1-3H,4H2,(H2,12,14)(H2,13,15). The Bertz CT molecular complexity index is 420. The Labute approximate surface area is 100 Å². The quantitative estimate of drug-likeness (QED) is 0.505. The number of hydrogen-bond donors (Lipinski definition) is 2. The van der Waals surface area contributed by atoms with Gasteiger partial charge in [-0.15, -0.1) is 11.6 Å². The summed E-state index contributed by atoms with van der Waals surface area (Å²) in [6, 6.07) is 4.93. The first-order valence-corrected chi connectivity index (χ1v) is 5.35. The van der Waals surface area contributed by atoms with Gasteiger partial charge in [-0.3, -0.25) is 4.79 Å². The number of alkyl halides is 1. The first-order valence-electron chi connectivity index (χ1n) is 4.03. The Morgan fingerprint density at radius 2 is 2.13 bits per heavy atom. The van der Waals surface area contributed by atoms with Crippen molar-refractivity contribution < 1.29 is 4.79 Å². The maximum absolute atomic E-state index is 11.0. The van der Waals surface area contributed by atoms with Crippen molar-refractivity contribution in [3.8, 4) is 0 Å². The Morgan fingerprint density at radius 3 is 2.67 bits per heavy atom. The molecule has 0 aliphatic carbocycles. The minimum Gasteiger partial charge on any atom is -0.386 e. The summed E-state index contributed by atoms with van der Waals surface area (Å²) in [5.41, 5.74) is 11.5. The molecule has 0 unspecified atom stereocenters. The van der Waals surface area contributed by atoms with Gasteiger partial charge in [-0.2, -0.15) is 0 Å². The number of carbonyl (C=O) groups excluding carboxylic acids is 1. The normalized spacial score (nSPS) is 11.5. The van der Waals surface area contributed by atoms with Gasteiger partial charge in [-0.1, -0.05) is 0 Å². The van der Waals surface area contributed by atoms with Crippen LogP contribution in [0.15, 0.2) is 27.7 Å². The molecule has 0 radical (unpaired) electrons. The Morgan fingerprint density at radius 1 is 1.47 bits per heavy atom. The summed E-state index contributed by atoms with van der Waals surface area (Å²) in [5, 5.41) is 0. The number of nitrogens with two attached hydrogens (primary N) is 2. The van der Waals surface area contributed by atoms with Crippen LogP contribution in [0.3, 0.4) is 0 Å². The van der Waals surface area contributed by atoms with Gasteiger partial charge in [0.05, 0.1) is 17.1 Å². The van der Waals surface area contributed by atoms with Gasteiger partial charge in [0.15, 0.2) is 0 Å². The highest BCUT2D eigenvalue weighted by Gasteiger charge is 2.06. The fourth-order valence-corrected chi connectivity index (χ4v) is 1.47. The lowest BCUT2D eigenvalue weighted by molar-refractivity contribution is 0.0999. The van der Waals surface area contributed by atoms with Gasteiger partial charge in [0.2, 0.25) is 5.91 Å². The number of nitrogens with zero attached hydrogens (tertiary/aromatic N) is 1. The lowest BCUT2D eigenvalue weighted by Crippen LogP contribution is -2.13. The van der Waals surface area contributed by atoms with Crippen molar-refractivity contribution in [3.63, 3.8) is 0 Å². The molecule has 0 fully saturated rings. The average molecular weight is 291 g/mol. The van der Waals surface area contributed by atoms with Crippen molar-refractivity contribution in [2.24, 2.45) is 16.5 Å². The van der Waals surface area contributed by atoms with E-state index in [9.17, 15) is 4.79 Å². The molecular formula is C9H9BrClN3O. The molecule has 0 atom stereocenters. The second-order valence-electron chi connectivity index (χ2n) is 2.77. The molecule has 0 heterocycles. The Hall–Kier alpha value is -1.07. The van der Waals surface area contributed by atoms with Gasteiger partial charge < -0.3 is 11.5 Å². The van der Waals surface area contributed by atoms with Crippen LogP contribution in [0.5, 0.6) is 0 Å². The molecule has 1 rings (SSSR count). The van der Waals surface area contributed by atoms with Gasteiger partial charge in [-0.05, 0) is 34.1 Å². The average Bonchev–Trinajstić information content (AvgIpc) is 2.20. The SMILES string of the molecule is NC(=O)c1cc(N=C(N)CCl)ccc1Br. The van der Waals surface area contributed by atoms with Gasteiger partial charge in [0, 0.05) is 4.47 Å². The van der Waals surface area contributed by atoms with E-state index in [1.165, 1.54) is 0 Å². The topological polar surface area (TPSA) is 81.5 Å². The minimum absolute atomic E-state index is 0.141. The lowest BCUT2D eigenvalue weighted by Gasteiger charge is -2.02. The molecule has 0 bridgehead atoms. The minimum atomic E-state index is -0.525. The summed E-state index contributed by atoms with van der Waals surface area (Å²) in [5.74, 6) is -0.0973. The third-order valence-corrected chi connectivity index (χ3v) is 2.59. The molecule has 15 heavy (non-hydrogen) atoms. The molecule has 80 valence electrons. The number of hydrogen-bond acceptors (Lipinski definition) is 2. The highest BCUT2D eigenvalue weighted by Crippen LogP contribution is 2.22. The summed E-state index contributed by atoms with van der Waals surface area (Å²) < 4.78 is 0.624. The van der Waals surface area contributed by atoms with Crippen molar-refractivity contribution >= 4 is 45.0 Å². The summed E-state index contributed by atoms with van der Waals surface area (Å²) in [7, 11) is 0. The van der Waals surface area contributed by atoms with Crippen LogP contribution < -0.4 is 11.5 Å². The van der Waals surface area contributed by atoms with Gasteiger partial charge in [0.1, 0.15) is 5.84 Å². The zero-order valence-electron chi connectivity index (χ0n) is 7.71. The third-order valence-electron chi connectivity index (χ3n) is 1.63. The number of carbonyl (C=O) groups is 1. The number of halogens is 2. The number of rotatable bonds is 3. The number of benzene rings is 1.